The van der Waals surface area contributed by atoms with Crippen molar-refractivity contribution in [1.29, 1.82) is 0 Å². The number of aryl methyl sites for hydroxylation is 2. The van der Waals surface area contributed by atoms with Gasteiger partial charge in [0.1, 0.15) is 11.5 Å². The minimum absolute atomic E-state index is 0.0602. The lowest BCUT2D eigenvalue weighted by molar-refractivity contribution is -0.117. The monoisotopic (exact) mass is 397 g/mol. The summed E-state index contributed by atoms with van der Waals surface area (Å²) in [6.07, 6.45) is 0. The highest BCUT2D eigenvalue weighted by Gasteiger charge is 2.25. The number of phenols is 1. The van der Waals surface area contributed by atoms with E-state index in [1.807, 2.05) is 36.9 Å². The summed E-state index contributed by atoms with van der Waals surface area (Å²) in [5.74, 6) is 0.128. The second kappa shape index (κ2) is 8.96. The first-order valence-electron chi connectivity index (χ1n) is 9.63. The van der Waals surface area contributed by atoms with E-state index in [1.165, 1.54) is 13.2 Å². The zero-order valence-corrected chi connectivity index (χ0v) is 17.1. The Hall–Kier alpha value is -3.06. The molecule has 0 aliphatic carbocycles. The van der Waals surface area contributed by atoms with Gasteiger partial charge in [0.15, 0.2) is 0 Å². The zero-order valence-electron chi connectivity index (χ0n) is 17.1. The number of piperazine rings is 1. The third-order valence-electron chi connectivity index (χ3n) is 5.21. The van der Waals surface area contributed by atoms with Crippen molar-refractivity contribution < 1.29 is 19.4 Å². The Morgan fingerprint density at radius 1 is 1.07 bits per heavy atom. The van der Waals surface area contributed by atoms with Crippen LogP contribution in [0.5, 0.6) is 11.5 Å². The predicted octanol–water partition coefficient (Wildman–Crippen LogP) is 2.41. The highest BCUT2D eigenvalue weighted by molar-refractivity contribution is 5.97. The first kappa shape index (κ1) is 20.7. The molecule has 2 aromatic rings. The van der Waals surface area contributed by atoms with Crippen LogP contribution in [0.3, 0.4) is 0 Å². The Balaban J connectivity index is 1.54. The fourth-order valence-electron chi connectivity index (χ4n) is 3.49. The van der Waals surface area contributed by atoms with Crippen molar-refractivity contribution in [2.24, 2.45) is 0 Å². The molecule has 0 atom stereocenters. The molecule has 0 spiro atoms. The van der Waals surface area contributed by atoms with Crippen LogP contribution >= 0.6 is 0 Å². The number of benzene rings is 2. The van der Waals surface area contributed by atoms with Crippen LogP contribution in [0.2, 0.25) is 0 Å². The van der Waals surface area contributed by atoms with E-state index in [-0.39, 0.29) is 29.7 Å². The van der Waals surface area contributed by atoms with Gasteiger partial charge in [-0.3, -0.25) is 14.5 Å². The van der Waals surface area contributed by atoms with E-state index in [2.05, 4.69) is 5.32 Å². The Bertz CT molecular complexity index is 885. The number of carbonyl (C=O) groups is 2. The molecule has 154 valence electrons. The number of ether oxygens (including phenoxy) is 1. The maximum Gasteiger partial charge on any atom is 0.257 e. The van der Waals surface area contributed by atoms with Gasteiger partial charge in [-0.2, -0.15) is 0 Å². The fourth-order valence-corrected chi connectivity index (χ4v) is 3.49. The largest absolute Gasteiger partial charge is 0.507 e. The lowest BCUT2D eigenvalue weighted by Gasteiger charge is -2.34. The van der Waals surface area contributed by atoms with E-state index in [1.54, 1.807) is 17.0 Å². The summed E-state index contributed by atoms with van der Waals surface area (Å²) < 4.78 is 5.05. The molecule has 1 aliphatic heterocycles. The summed E-state index contributed by atoms with van der Waals surface area (Å²) in [6.45, 7) is 6.43. The number of nitrogens with one attached hydrogen (secondary N) is 1. The zero-order chi connectivity index (χ0) is 21.0. The molecule has 2 N–H and O–H groups in total. The molecular weight excluding hydrogens is 370 g/mol. The molecule has 3 rings (SSSR count). The highest BCUT2D eigenvalue weighted by atomic mass is 16.5. The molecule has 29 heavy (non-hydrogen) atoms. The maximum atomic E-state index is 12.7. The molecule has 2 amide bonds. The van der Waals surface area contributed by atoms with E-state index < -0.39 is 0 Å². The van der Waals surface area contributed by atoms with E-state index >= 15 is 0 Å². The van der Waals surface area contributed by atoms with Gasteiger partial charge in [-0.1, -0.05) is 18.2 Å². The van der Waals surface area contributed by atoms with Crippen LogP contribution in [0, 0.1) is 13.8 Å². The number of hydrogen-bond acceptors (Lipinski definition) is 5. The first-order valence-corrected chi connectivity index (χ1v) is 9.63. The van der Waals surface area contributed by atoms with E-state index in [9.17, 15) is 14.7 Å². The second-order valence-electron chi connectivity index (χ2n) is 7.27. The van der Waals surface area contributed by atoms with Gasteiger partial charge in [-0.15, -0.1) is 0 Å². The molecule has 0 saturated carbocycles. The molecule has 0 unspecified atom stereocenters. The van der Waals surface area contributed by atoms with Crippen LogP contribution in [-0.4, -0.2) is 66.6 Å². The molecular formula is C22H27N3O4. The van der Waals surface area contributed by atoms with Crippen molar-refractivity contribution >= 4 is 17.5 Å². The number of amides is 2. The predicted molar refractivity (Wildman–Crippen MR) is 112 cm³/mol. The van der Waals surface area contributed by atoms with Crippen molar-refractivity contribution in [3.63, 3.8) is 0 Å². The minimum Gasteiger partial charge on any atom is -0.507 e. The average molecular weight is 397 g/mol. The number of phenolic OH excluding ortho intramolecular Hbond substituents is 1. The third kappa shape index (κ3) is 4.86. The summed E-state index contributed by atoms with van der Waals surface area (Å²) in [4.78, 5) is 28.9. The molecule has 0 radical (unpaired) electrons. The van der Waals surface area contributed by atoms with Crippen molar-refractivity contribution in [2.75, 3.05) is 45.2 Å². The van der Waals surface area contributed by atoms with E-state index in [4.69, 9.17) is 4.74 Å². The number of aromatic hydroxyl groups is 1. The summed E-state index contributed by atoms with van der Waals surface area (Å²) in [5, 5.41) is 13.1. The minimum atomic E-state index is -0.218. The maximum absolute atomic E-state index is 12.7. The standard InChI is InChI=1S/C22H27N3O4/c1-15-5-4-6-16(2)21(15)23-20(27)14-24-9-11-25(12-10-24)22(28)18-8-7-17(29-3)13-19(18)26/h4-8,13,26H,9-12,14H2,1-3H3,(H,23,27). The van der Waals surface area contributed by atoms with Gasteiger partial charge in [0, 0.05) is 37.9 Å². The van der Waals surface area contributed by atoms with Crippen LogP contribution in [-0.2, 0) is 4.79 Å². The SMILES string of the molecule is COc1ccc(C(=O)N2CCN(CC(=O)Nc3c(C)cccc3C)CC2)c(O)c1. The number of anilines is 1. The van der Waals surface area contributed by atoms with Crippen molar-refractivity contribution in [3.05, 3.63) is 53.1 Å². The smallest absolute Gasteiger partial charge is 0.257 e. The van der Waals surface area contributed by atoms with E-state index in [0.29, 0.717) is 31.9 Å². The quantitative estimate of drug-likeness (QED) is 0.810. The third-order valence-corrected chi connectivity index (χ3v) is 5.21. The topological polar surface area (TPSA) is 82.1 Å². The van der Waals surface area contributed by atoms with E-state index in [0.717, 1.165) is 16.8 Å². The van der Waals surface area contributed by atoms with Crippen LogP contribution in [0.1, 0.15) is 21.5 Å². The van der Waals surface area contributed by atoms with Crippen LogP contribution in [0.4, 0.5) is 5.69 Å². The van der Waals surface area contributed by atoms with Gasteiger partial charge < -0.3 is 20.1 Å². The number of hydrogen-bond donors (Lipinski definition) is 2. The average Bonchev–Trinajstić information content (AvgIpc) is 2.71. The van der Waals surface area contributed by atoms with Gasteiger partial charge in [-0.25, -0.2) is 0 Å². The van der Waals surface area contributed by atoms with Crippen LogP contribution in [0.25, 0.3) is 0 Å². The van der Waals surface area contributed by atoms with Gasteiger partial charge >= 0.3 is 0 Å². The van der Waals surface area contributed by atoms with Gasteiger partial charge in [-0.05, 0) is 37.1 Å². The molecule has 7 nitrogen and oxygen atoms in total. The number of methoxy groups -OCH3 is 1. The highest BCUT2D eigenvalue weighted by Crippen LogP contribution is 2.25. The van der Waals surface area contributed by atoms with Gasteiger partial charge in [0.25, 0.3) is 5.91 Å². The number of rotatable bonds is 5. The molecule has 1 aliphatic rings. The lowest BCUT2D eigenvalue weighted by atomic mass is 10.1. The molecule has 1 heterocycles. The Labute approximate surface area is 170 Å². The molecule has 0 bridgehead atoms. The molecule has 0 aromatic heterocycles. The molecule has 1 fully saturated rings. The summed E-state index contributed by atoms with van der Waals surface area (Å²) in [6, 6.07) is 10.6. The molecule has 1 saturated heterocycles. The number of para-hydroxylation sites is 1. The van der Waals surface area contributed by atoms with Crippen molar-refractivity contribution in [1.82, 2.24) is 9.80 Å². The second-order valence-corrected chi connectivity index (χ2v) is 7.27. The Kier molecular flexibility index (Phi) is 6.39. The molecule has 7 heteroatoms. The lowest BCUT2D eigenvalue weighted by Crippen LogP contribution is -2.50. The first-order chi connectivity index (χ1) is 13.9. The molecule has 2 aromatic carbocycles. The van der Waals surface area contributed by atoms with Crippen LogP contribution < -0.4 is 10.1 Å². The fraction of sp³-hybridized carbons (Fsp3) is 0.364. The van der Waals surface area contributed by atoms with Gasteiger partial charge in [0.05, 0.1) is 19.2 Å². The summed E-state index contributed by atoms with van der Waals surface area (Å²) in [7, 11) is 1.51. The number of carbonyl (C=O) groups excluding carboxylic acids is 2. The number of nitrogens with zero attached hydrogens (tertiary/aromatic N) is 2. The van der Waals surface area contributed by atoms with Crippen LogP contribution in [0.15, 0.2) is 36.4 Å². The van der Waals surface area contributed by atoms with Gasteiger partial charge in [0.2, 0.25) is 5.91 Å². The summed E-state index contributed by atoms with van der Waals surface area (Å²) >= 11 is 0. The summed E-state index contributed by atoms with van der Waals surface area (Å²) in [5.41, 5.74) is 3.19. The van der Waals surface area contributed by atoms with Crippen molar-refractivity contribution in [3.8, 4) is 11.5 Å². The van der Waals surface area contributed by atoms with Crippen molar-refractivity contribution in [2.45, 2.75) is 13.8 Å². The normalized spacial score (nSPS) is 14.5. The Morgan fingerprint density at radius 2 is 1.72 bits per heavy atom. The Morgan fingerprint density at radius 3 is 2.31 bits per heavy atom.